The van der Waals surface area contributed by atoms with Crippen LogP contribution in [0.25, 0.3) is 0 Å². The molecule has 2 aromatic carbocycles. The van der Waals surface area contributed by atoms with Gasteiger partial charge < -0.3 is 18.5 Å². The molecule has 0 aliphatic carbocycles. The minimum Gasteiger partial charge on any atom is -0.474 e. The zero-order chi connectivity index (χ0) is 22.7. The van der Waals surface area contributed by atoms with Crippen molar-refractivity contribution in [3.8, 4) is 17.2 Å². The lowest BCUT2D eigenvalue weighted by molar-refractivity contribution is -0.385. The fourth-order valence-corrected chi connectivity index (χ4v) is 3.31. The summed E-state index contributed by atoms with van der Waals surface area (Å²) in [7, 11) is -1.44. The molecule has 2 rings (SSSR count). The number of nitro benzene ring substituents is 1. The first kappa shape index (κ1) is 24.2. The largest absolute Gasteiger partial charge is 0.474 e. The van der Waals surface area contributed by atoms with E-state index in [0.717, 1.165) is 32.4 Å². The molecule has 14 heteroatoms. The Hall–Kier alpha value is -2.04. The van der Waals surface area contributed by atoms with Crippen LogP contribution in [0.3, 0.4) is 0 Å². The molecule has 0 N–H and O–H groups in total. The molecule has 0 amide bonds. The van der Waals surface area contributed by atoms with Crippen molar-refractivity contribution < 1.29 is 41.2 Å². The van der Waals surface area contributed by atoms with Crippen LogP contribution in [-0.2, 0) is 19.8 Å². The van der Waals surface area contributed by atoms with Gasteiger partial charge in [0.1, 0.15) is 5.75 Å². The summed E-state index contributed by atoms with van der Waals surface area (Å²) in [4.78, 5) is 10.4. The number of hydrogen-bond acceptors (Lipinski definition) is 7. The molecule has 0 spiro atoms. The molecule has 0 aliphatic heterocycles. The Morgan fingerprint density at radius 2 is 1.67 bits per heavy atom. The summed E-state index contributed by atoms with van der Waals surface area (Å²) in [6, 6.07) is 4.47. The highest BCUT2D eigenvalue weighted by Gasteiger charge is 2.32. The van der Waals surface area contributed by atoms with Gasteiger partial charge in [0.25, 0.3) is 0 Å². The Kier molecular flexibility index (Phi) is 7.59. The van der Waals surface area contributed by atoms with Crippen LogP contribution in [0.1, 0.15) is 5.56 Å². The monoisotopic (exact) mass is 489 g/mol. The molecule has 0 aliphatic rings. The van der Waals surface area contributed by atoms with Crippen LogP contribution in [-0.4, -0.2) is 25.5 Å². The summed E-state index contributed by atoms with van der Waals surface area (Å²) in [5, 5.41) is 10.3. The lowest BCUT2D eigenvalue weighted by Crippen LogP contribution is -2.05. The van der Waals surface area contributed by atoms with Gasteiger partial charge in [-0.25, -0.2) is 0 Å². The van der Waals surface area contributed by atoms with E-state index in [-0.39, 0.29) is 17.2 Å². The summed E-state index contributed by atoms with van der Waals surface area (Å²) >= 11 is 11.7. The summed E-state index contributed by atoms with van der Waals surface area (Å²) in [6.45, 7) is 0. The summed E-state index contributed by atoms with van der Waals surface area (Å²) in [6.07, 6.45) is -5.32. The summed E-state index contributed by atoms with van der Waals surface area (Å²) < 4.78 is 70.6. The predicted molar refractivity (Wildman–Crippen MR) is 102 cm³/mol. The highest BCUT2D eigenvalue weighted by Crippen LogP contribution is 2.47. The average Bonchev–Trinajstić information content (AvgIpc) is 2.68. The van der Waals surface area contributed by atoms with Crippen molar-refractivity contribution in [2.45, 2.75) is 6.18 Å². The van der Waals surface area contributed by atoms with E-state index in [1.165, 1.54) is 0 Å². The number of nitro groups is 1. The number of ether oxygens (including phenoxy) is 2. The minimum atomic E-state index is -4.67. The molecule has 0 unspecified atom stereocenters. The van der Waals surface area contributed by atoms with Crippen molar-refractivity contribution >= 4 is 36.5 Å². The second-order valence-corrected chi connectivity index (χ2v) is 8.53. The van der Waals surface area contributed by atoms with Gasteiger partial charge in [-0.15, -0.1) is 0 Å². The molecule has 0 aromatic heterocycles. The van der Waals surface area contributed by atoms with E-state index in [9.17, 15) is 27.9 Å². The quantitative estimate of drug-likeness (QED) is 0.236. The van der Waals surface area contributed by atoms with E-state index in [4.69, 9.17) is 32.7 Å². The van der Waals surface area contributed by atoms with Crippen LogP contribution < -0.4 is 9.47 Å². The van der Waals surface area contributed by atoms with E-state index in [1.807, 2.05) is 0 Å². The molecule has 0 saturated heterocycles. The molecule has 0 fully saturated rings. The Balaban J connectivity index is 2.38. The summed E-state index contributed by atoms with van der Waals surface area (Å²) in [5.41, 5.74) is -1.57. The molecule has 2 aromatic rings. The third-order valence-corrected chi connectivity index (χ3v) is 5.73. The van der Waals surface area contributed by atoms with Gasteiger partial charge in [-0.05, 0) is 18.2 Å². The molecule has 30 heavy (non-hydrogen) atoms. The number of alkyl halides is 3. The van der Waals surface area contributed by atoms with Crippen LogP contribution in [0.2, 0.25) is 10.0 Å². The van der Waals surface area contributed by atoms with E-state index in [0.29, 0.717) is 12.1 Å². The van der Waals surface area contributed by atoms with Crippen LogP contribution >= 0.6 is 30.8 Å². The molecule has 0 bridgehead atoms. The third-order valence-electron chi connectivity index (χ3n) is 3.61. The lowest BCUT2D eigenvalue weighted by Gasteiger charge is -2.16. The maximum atomic E-state index is 12.8. The molecule has 0 heterocycles. The summed E-state index contributed by atoms with van der Waals surface area (Å²) in [5.74, 6) is -0.750. The molecule has 0 atom stereocenters. The van der Waals surface area contributed by atoms with Crippen LogP contribution in [0.15, 0.2) is 30.3 Å². The molecular formula is C16H13Cl2F3NO7P. The first-order chi connectivity index (χ1) is 13.9. The van der Waals surface area contributed by atoms with E-state index in [1.54, 1.807) is 0 Å². The van der Waals surface area contributed by atoms with Crippen molar-refractivity contribution in [3.05, 3.63) is 56.1 Å². The van der Waals surface area contributed by atoms with E-state index >= 15 is 0 Å². The number of benzene rings is 2. The zero-order valence-corrected chi connectivity index (χ0v) is 17.6. The number of nitrogens with zero attached hydrogens (tertiary/aromatic N) is 1. The normalized spacial score (nSPS) is 12.0. The topological polar surface area (TPSA) is 97.1 Å². The Bertz CT molecular complexity index is 972. The van der Waals surface area contributed by atoms with Crippen molar-refractivity contribution in [1.82, 2.24) is 0 Å². The highest BCUT2D eigenvalue weighted by atomic mass is 35.5. The van der Waals surface area contributed by atoms with E-state index < -0.39 is 46.3 Å². The maximum Gasteiger partial charge on any atom is 0.416 e. The van der Waals surface area contributed by atoms with Gasteiger partial charge in [-0.3, -0.25) is 14.7 Å². The van der Waals surface area contributed by atoms with Crippen molar-refractivity contribution in [3.63, 3.8) is 0 Å². The molecule has 164 valence electrons. The molecule has 8 nitrogen and oxygen atoms in total. The van der Waals surface area contributed by atoms with Crippen LogP contribution in [0.4, 0.5) is 18.9 Å². The fourth-order valence-electron chi connectivity index (χ4n) is 2.09. The number of halogens is 5. The Morgan fingerprint density at radius 3 is 2.13 bits per heavy atom. The Labute approximate surface area is 178 Å². The van der Waals surface area contributed by atoms with E-state index in [2.05, 4.69) is 9.05 Å². The van der Waals surface area contributed by atoms with Crippen molar-refractivity contribution in [2.24, 2.45) is 0 Å². The second kappa shape index (κ2) is 9.40. The second-order valence-electron chi connectivity index (χ2n) is 5.50. The van der Waals surface area contributed by atoms with Gasteiger partial charge in [-0.2, -0.15) is 13.2 Å². The highest BCUT2D eigenvalue weighted by molar-refractivity contribution is 7.53. The van der Waals surface area contributed by atoms with Gasteiger partial charge >= 0.3 is 19.5 Å². The van der Waals surface area contributed by atoms with Gasteiger partial charge in [0.2, 0.25) is 5.75 Å². The maximum absolute atomic E-state index is 12.8. The number of rotatable bonds is 8. The first-order valence-electron chi connectivity index (χ1n) is 7.76. The number of hydrogen-bond donors (Lipinski definition) is 0. The molecular weight excluding hydrogens is 477 g/mol. The SMILES string of the molecule is COP(=O)(COc1cc(Oc2c(Cl)cc(C(F)(F)F)cc2Cl)ccc1[N+](=O)[O-])OC. The standard InChI is InChI=1S/C16H13Cl2F3NO7P/c1-26-30(25,27-2)8-28-14-7-10(3-4-13(14)22(23)24)29-15-11(17)5-9(6-12(15)18)16(19,20)21/h3-7H,8H2,1-2H3. The fraction of sp³-hybridized carbons (Fsp3) is 0.250. The lowest BCUT2D eigenvalue weighted by atomic mass is 10.2. The van der Waals surface area contributed by atoms with Gasteiger partial charge in [-0.1, -0.05) is 23.2 Å². The zero-order valence-electron chi connectivity index (χ0n) is 15.2. The van der Waals surface area contributed by atoms with Crippen molar-refractivity contribution in [1.29, 1.82) is 0 Å². The molecule has 0 saturated carbocycles. The van der Waals surface area contributed by atoms with Gasteiger partial charge in [0.15, 0.2) is 12.1 Å². The average molecular weight is 490 g/mol. The van der Waals surface area contributed by atoms with Gasteiger partial charge in [0, 0.05) is 26.4 Å². The van der Waals surface area contributed by atoms with Crippen molar-refractivity contribution in [2.75, 3.05) is 20.6 Å². The third kappa shape index (κ3) is 5.77. The minimum absolute atomic E-state index is 0.0937. The first-order valence-corrected chi connectivity index (χ1v) is 10.2. The van der Waals surface area contributed by atoms with Crippen LogP contribution in [0, 0.1) is 10.1 Å². The van der Waals surface area contributed by atoms with Crippen LogP contribution in [0.5, 0.6) is 17.2 Å². The smallest absolute Gasteiger partial charge is 0.416 e. The predicted octanol–water partition coefficient (Wildman–Crippen LogP) is 6.53. The van der Waals surface area contributed by atoms with Gasteiger partial charge in [0.05, 0.1) is 20.5 Å². The Morgan fingerprint density at radius 1 is 1.10 bits per heavy atom. The molecule has 0 radical (unpaired) electrons.